The van der Waals surface area contributed by atoms with Crippen LogP contribution in [-0.2, 0) is 4.74 Å². The Morgan fingerprint density at radius 3 is 2.72 bits per heavy atom. The molecular formula is C12H17Br2N3O. The van der Waals surface area contributed by atoms with Gasteiger partial charge in [0.15, 0.2) is 0 Å². The maximum atomic E-state index is 5.67. The Kier molecular flexibility index (Phi) is 5.41. The van der Waals surface area contributed by atoms with E-state index in [1.54, 1.807) is 0 Å². The average molecular weight is 379 g/mol. The molecule has 1 saturated heterocycles. The van der Waals surface area contributed by atoms with Crippen LogP contribution in [-0.4, -0.2) is 37.3 Å². The maximum Gasteiger partial charge on any atom is 0.142 e. The minimum Gasteiger partial charge on any atom is -0.377 e. The van der Waals surface area contributed by atoms with Crippen molar-refractivity contribution in [3.05, 3.63) is 21.2 Å². The predicted molar refractivity (Wildman–Crippen MR) is 79.9 cm³/mol. The maximum absolute atomic E-state index is 5.67. The summed E-state index contributed by atoms with van der Waals surface area (Å²) in [4.78, 5) is 6.75. The molecule has 0 radical (unpaired) electrons. The number of nitrogens with zero attached hydrogens (tertiary/aromatic N) is 2. The first kappa shape index (κ1) is 14.2. The Balaban J connectivity index is 1.93. The molecule has 4 nitrogen and oxygen atoms in total. The normalized spacial score (nSPS) is 17.2. The Bertz CT molecular complexity index is 395. The molecule has 6 heteroatoms. The lowest BCUT2D eigenvalue weighted by atomic mass is 10.1. The molecule has 1 aliphatic rings. The number of piperidine rings is 1. The van der Waals surface area contributed by atoms with Crippen LogP contribution in [0.5, 0.6) is 0 Å². The number of nitrogens with two attached hydrogens (primary N) is 1. The van der Waals surface area contributed by atoms with Crippen molar-refractivity contribution in [1.82, 2.24) is 4.98 Å². The van der Waals surface area contributed by atoms with Crippen LogP contribution < -0.4 is 10.6 Å². The fraction of sp³-hybridized carbons (Fsp3) is 0.583. The third-order valence-corrected chi connectivity index (χ3v) is 4.02. The van der Waals surface area contributed by atoms with Gasteiger partial charge in [-0.15, -0.1) is 0 Å². The lowest BCUT2D eigenvalue weighted by molar-refractivity contribution is 0.0421. The number of hydrogen-bond acceptors (Lipinski definition) is 4. The highest BCUT2D eigenvalue weighted by molar-refractivity contribution is 9.11. The zero-order chi connectivity index (χ0) is 13.0. The van der Waals surface area contributed by atoms with Crippen LogP contribution in [0.3, 0.4) is 0 Å². The van der Waals surface area contributed by atoms with Gasteiger partial charge in [-0.05, 0) is 50.8 Å². The van der Waals surface area contributed by atoms with Gasteiger partial charge in [0.1, 0.15) is 5.82 Å². The third kappa shape index (κ3) is 3.66. The van der Waals surface area contributed by atoms with Crippen LogP contribution in [0, 0.1) is 0 Å². The van der Waals surface area contributed by atoms with Crippen LogP contribution in [0.25, 0.3) is 0 Å². The van der Waals surface area contributed by atoms with Gasteiger partial charge in [0, 0.05) is 30.3 Å². The van der Waals surface area contributed by atoms with Crippen molar-refractivity contribution in [2.45, 2.75) is 18.9 Å². The lowest BCUT2D eigenvalue weighted by Crippen LogP contribution is -2.38. The van der Waals surface area contributed by atoms with E-state index in [-0.39, 0.29) is 0 Å². The van der Waals surface area contributed by atoms with E-state index in [0.29, 0.717) is 19.3 Å². The number of ether oxygens (including phenoxy) is 1. The summed E-state index contributed by atoms with van der Waals surface area (Å²) in [6.45, 7) is 3.20. The molecular weight excluding hydrogens is 362 g/mol. The molecule has 18 heavy (non-hydrogen) atoms. The Morgan fingerprint density at radius 2 is 2.11 bits per heavy atom. The van der Waals surface area contributed by atoms with Gasteiger partial charge in [-0.25, -0.2) is 4.98 Å². The summed E-state index contributed by atoms with van der Waals surface area (Å²) in [6.07, 6.45) is 4.24. The topological polar surface area (TPSA) is 51.4 Å². The Labute approximate surface area is 124 Å². The molecule has 2 heterocycles. The van der Waals surface area contributed by atoms with Gasteiger partial charge in [0.2, 0.25) is 0 Å². The molecule has 0 unspecified atom stereocenters. The minimum atomic E-state index is 0.346. The molecule has 100 valence electrons. The van der Waals surface area contributed by atoms with Crippen molar-refractivity contribution >= 4 is 37.7 Å². The summed E-state index contributed by atoms with van der Waals surface area (Å²) in [7, 11) is 0. The number of aromatic nitrogens is 1. The summed E-state index contributed by atoms with van der Waals surface area (Å²) in [5, 5.41) is 0. The molecule has 1 fully saturated rings. The molecule has 0 aromatic carbocycles. The van der Waals surface area contributed by atoms with Crippen LogP contribution in [0.15, 0.2) is 21.2 Å². The van der Waals surface area contributed by atoms with Crippen LogP contribution in [0.1, 0.15) is 12.8 Å². The van der Waals surface area contributed by atoms with E-state index in [1.165, 1.54) is 0 Å². The van der Waals surface area contributed by atoms with Crippen molar-refractivity contribution in [2.75, 3.05) is 31.1 Å². The second-order valence-electron chi connectivity index (χ2n) is 4.30. The Morgan fingerprint density at radius 1 is 1.39 bits per heavy atom. The summed E-state index contributed by atoms with van der Waals surface area (Å²) >= 11 is 6.97. The summed E-state index contributed by atoms with van der Waals surface area (Å²) in [5.41, 5.74) is 5.44. The van der Waals surface area contributed by atoms with Gasteiger partial charge in [0.05, 0.1) is 17.2 Å². The first-order valence-electron chi connectivity index (χ1n) is 6.08. The standard InChI is InChI=1S/C12H17Br2N3O/c13-9-7-11(14)12(16-8-9)17-4-1-10(2-5-17)18-6-3-15/h7-8,10H,1-6,15H2. The fourth-order valence-electron chi connectivity index (χ4n) is 2.11. The van der Waals surface area contributed by atoms with Gasteiger partial charge in [-0.1, -0.05) is 0 Å². The molecule has 0 amide bonds. The number of pyridine rings is 1. The Hall–Kier alpha value is -0.170. The quantitative estimate of drug-likeness (QED) is 0.874. The largest absolute Gasteiger partial charge is 0.377 e. The molecule has 0 bridgehead atoms. The van der Waals surface area contributed by atoms with Gasteiger partial charge >= 0.3 is 0 Å². The number of hydrogen-bond donors (Lipinski definition) is 1. The molecule has 1 aromatic heterocycles. The molecule has 0 saturated carbocycles. The van der Waals surface area contributed by atoms with Crippen LogP contribution in [0.4, 0.5) is 5.82 Å². The van der Waals surface area contributed by atoms with E-state index in [4.69, 9.17) is 10.5 Å². The van der Waals surface area contributed by atoms with Crippen LogP contribution >= 0.6 is 31.9 Å². The van der Waals surface area contributed by atoms with E-state index < -0.39 is 0 Å². The highest BCUT2D eigenvalue weighted by Crippen LogP contribution is 2.29. The summed E-state index contributed by atoms with van der Waals surface area (Å²) in [6, 6.07) is 2.03. The molecule has 0 aliphatic carbocycles. The molecule has 1 aromatic rings. The second-order valence-corrected chi connectivity index (χ2v) is 6.07. The van der Waals surface area contributed by atoms with Crippen molar-refractivity contribution in [3.8, 4) is 0 Å². The van der Waals surface area contributed by atoms with E-state index in [2.05, 4.69) is 41.7 Å². The van der Waals surface area contributed by atoms with Gasteiger partial charge in [-0.2, -0.15) is 0 Å². The lowest BCUT2D eigenvalue weighted by Gasteiger charge is -2.33. The van der Waals surface area contributed by atoms with Crippen molar-refractivity contribution < 1.29 is 4.74 Å². The van der Waals surface area contributed by atoms with Gasteiger partial charge < -0.3 is 15.4 Å². The van der Waals surface area contributed by atoms with Crippen molar-refractivity contribution in [3.63, 3.8) is 0 Å². The fourth-order valence-corrected chi connectivity index (χ4v) is 3.35. The minimum absolute atomic E-state index is 0.346. The monoisotopic (exact) mass is 377 g/mol. The third-order valence-electron chi connectivity index (χ3n) is 3.00. The summed E-state index contributed by atoms with van der Waals surface area (Å²) in [5.74, 6) is 1.01. The first-order valence-corrected chi connectivity index (χ1v) is 7.67. The molecule has 2 rings (SSSR count). The molecule has 0 spiro atoms. The van der Waals surface area contributed by atoms with Crippen LogP contribution in [0.2, 0.25) is 0 Å². The predicted octanol–water partition coefficient (Wildman–Crippen LogP) is 2.55. The van der Waals surface area contributed by atoms with E-state index >= 15 is 0 Å². The smallest absolute Gasteiger partial charge is 0.142 e. The van der Waals surface area contributed by atoms with E-state index in [9.17, 15) is 0 Å². The summed E-state index contributed by atoms with van der Waals surface area (Å²) < 4.78 is 7.69. The molecule has 0 atom stereocenters. The molecule has 1 aliphatic heterocycles. The van der Waals surface area contributed by atoms with E-state index in [1.807, 2.05) is 12.3 Å². The van der Waals surface area contributed by atoms with E-state index in [0.717, 1.165) is 40.7 Å². The van der Waals surface area contributed by atoms with Crippen molar-refractivity contribution in [2.24, 2.45) is 5.73 Å². The first-order chi connectivity index (χ1) is 8.70. The van der Waals surface area contributed by atoms with Gasteiger partial charge in [0.25, 0.3) is 0 Å². The zero-order valence-electron chi connectivity index (χ0n) is 10.1. The number of halogens is 2. The molecule has 2 N–H and O–H groups in total. The highest BCUT2D eigenvalue weighted by atomic mass is 79.9. The average Bonchev–Trinajstić information content (AvgIpc) is 2.37. The van der Waals surface area contributed by atoms with Gasteiger partial charge in [-0.3, -0.25) is 0 Å². The van der Waals surface area contributed by atoms with Crippen molar-refractivity contribution in [1.29, 1.82) is 0 Å². The number of rotatable bonds is 4. The highest BCUT2D eigenvalue weighted by Gasteiger charge is 2.21. The number of anilines is 1. The second kappa shape index (κ2) is 6.84. The SMILES string of the molecule is NCCOC1CCN(c2ncc(Br)cc2Br)CC1. The zero-order valence-corrected chi connectivity index (χ0v) is 13.3.